The van der Waals surface area contributed by atoms with Crippen LogP contribution in [0.3, 0.4) is 0 Å². The molecular weight excluding hydrogens is 606 g/mol. The average molecular weight is 644 g/mol. The Morgan fingerprint density at radius 3 is 2.48 bits per heavy atom. The molecule has 48 heavy (non-hydrogen) atoms. The fraction of sp³-hybridized carbons (Fsp3) is 0.308. The molecule has 1 N–H and O–H groups in total. The fourth-order valence-corrected chi connectivity index (χ4v) is 7.99. The van der Waals surface area contributed by atoms with E-state index in [0.29, 0.717) is 48.6 Å². The van der Waals surface area contributed by atoms with Crippen molar-refractivity contribution in [2.45, 2.75) is 57.0 Å². The molecule has 3 amide bonds. The molecule has 244 valence electrons. The smallest absolute Gasteiger partial charge is 0.269 e. The van der Waals surface area contributed by atoms with Crippen LogP contribution in [0.15, 0.2) is 97.1 Å². The Morgan fingerprint density at radius 2 is 1.67 bits per heavy atom. The third-order valence-corrected chi connectivity index (χ3v) is 10.3. The van der Waals surface area contributed by atoms with Crippen LogP contribution in [0.2, 0.25) is 0 Å². The molecule has 9 nitrogen and oxygen atoms in total. The van der Waals surface area contributed by atoms with Gasteiger partial charge in [-0.3, -0.25) is 19.3 Å². The first-order valence-corrected chi connectivity index (χ1v) is 16.6. The van der Waals surface area contributed by atoms with E-state index in [9.17, 15) is 19.5 Å². The first-order valence-electron chi connectivity index (χ1n) is 16.6. The quantitative estimate of drug-likeness (QED) is 0.308. The second-order valence-electron chi connectivity index (χ2n) is 13.2. The minimum Gasteiger partial charge on any atom is -0.482 e. The van der Waals surface area contributed by atoms with Crippen molar-refractivity contribution in [1.82, 2.24) is 4.90 Å². The molecule has 1 saturated heterocycles. The van der Waals surface area contributed by atoms with E-state index in [0.717, 1.165) is 22.4 Å². The van der Waals surface area contributed by atoms with Gasteiger partial charge in [0.25, 0.3) is 11.8 Å². The summed E-state index contributed by atoms with van der Waals surface area (Å²) in [5.74, 6) is -0.122. The van der Waals surface area contributed by atoms with Crippen LogP contribution in [0, 0.1) is 5.92 Å². The lowest BCUT2D eigenvalue weighted by molar-refractivity contribution is -0.151. The van der Waals surface area contributed by atoms with E-state index >= 15 is 0 Å². The molecule has 4 aromatic rings. The van der Waals surface area contributed by atoms with Gasteiger partial charge in [0, 0.05) is 23.7 Å². The molecule has 0 radical (unpaired) electrons. The van der Waals surface area contributed by atoms with E-state index in [-0.39, 0.29) is 49.3 Å². The number of para-hydroxylation sites is 2. The van der Waals surface area contributed by atoms with Crippen molar-refractivity contribution in [3.05, 3.63) is 119 Å². The zero-order valence-corrected chi connectivity index (χ0v) is 26.7. The summed E-state index contributed by atoms with van der Waals surface area (Å²) >= 11 is 0. The van der Waals surface area contributed by atoms with E-state index in [1.165, 1.54) is 0 Å². The number of hydrogen-bond acceptors (Lipinski definition) is 6. The van der Waals surface area contributed by atoms with Crippen LogP contribution in [-0.2, 0) is 44.2 Å². The lowest BCUT2D eigenvalue weighted by Gasteiger charge is -2.36. The van der Waals surface area contributed by atoms with Crippen molar-refractivity contribution in [3.8, 4) is 5.75 Å². The molecule has 9 heteroatoms. The first-order chi connectivity index (χ1) is 23.4. The lowest BCUT2D eigenvalue weighted by atomic mass is 9.82. The van der Waals surface area contributed by atoms with E-state index in [4.69, 9.17) is 9.47 Å². The van der Waals surface area contributed by atoms with Gasteiger partial charge < -0.3 is 24.4 Å². The van der Waals surface area contributed by atoms with E-state index < -0.39 is 11.7 Å². The number of benzene rings is 4. The molecule has 1 fully saturated rings. The summed E-state index contributed by atoms with van der Waals surface area (Å²) in [6.45, 7) is 2.58. The largest absolute Gasteiger partial charge is 0.482 e. The minimum atomic E-state index is -1.33. The number of hydrogen-bond donors (Lipinski definition) is 1. The third kappa shape index (κ3) is 4.88. The van der Waals surface area contributed by atoms with Crippen LogP contribution in [0.5, 0.6) is 5.75 Å². The van der Waals surface area contributed by atoms with E-state index in [1.54, 1.807) is 14.7 Å². The molecule has 4 aromatic carbocycles. The second kappa shape index (κ2) is 11.9. The topological polar surface area (TPSA) is 99.6 Å². The van der Waals surface area contributed by atoms with Crippen molar-refractivity contribution in [1.29, 1.82) is 0 Å². The summed E-state index contributed by atoms with van der Waals surface area (Å²) in [7, 11) is 0. The number of aliphatic hydroxyl groups is 1. The number of carbonyl (C=O) groups is 3. The van der Waals surface area contributed by atoms with E-state index in [2.05, 4.69) is 0 Å². The molecule has 0 aromatic heterocycles. The Morgan fingerprint density at radius 1 is 0.917 bits per heavy atom. The summed E-state index contributed by atoms with van der Waals surface area (Å²) in [5.41, 5.74) is 4.56. The lowest BCUT2D eigenvalue weighted by Crippen LogP contribution is -2.47. The number of rotatable bonds is 6. The van der Waals surface area contributed by atoms with Gasteiger partial charge in [0.1, 0.15) is 5.75 Å². The summed E-state index contributed by atoms with van der Waals surface area (Å²) in [4.78, 5) is 47.0. The Hall–Kier alpha value is -4.99. The summed E-state index contributed by atoms with van der Waals surface area (Å²) in [6.07, 6.45) is 0.693. The molecule has 4 atom stereocenters. The van der Waals surface area contributed by atoms with Gasteiger partial charge in [-0.2, -0.15) is 0 Å². The Bertz CT molecular complexity index is 1910. The zero-order chi connectivity index (χ0) is 33.0. The number of amides is 3. The highest BCUT2D eigenvalue weighted by Gasteiger charge is 2.60. The summed E-state index contributed by atoms with van der Waals surface area (Å²) in [5, 5.41) is 10.2. The van der Waals surface area contributed by atoms with Crippen molar-refractivity contribution in [2.24, 2.45) is 5.92 Å². The molecule has 0 saturated carbocycles. The molecule has 8 rings (SSSR count). The minimum absolute atomic E-state index is 0.0921. The van der Waals surface area contributed by atoms with Crippen molar-refractivity contribution in [2.75, 3.05) is 23.0 Å². The van der Waals surface area contributed by atoms with Gasteiger partial charge in [-0.1, -0.05) is 73.7 Å². The Kier molecular flexibility index (Phi) is 7.53. The molecule has 0 bridgehead atoms. The van der Waals surface area contributed by atoms with Crippen LogP contribution in [0.1, 0.15) is 42.0 Å². The predicted octanol–water partition coefficient (Wildman–Crippen LogP) is 5.25. The zero-order valence-electron chi connectivity index (χ0n) is 26.7. The van der Waals surface area contributed by atoms with Crippen LogP contribution in [-0.4, -0.2) is 53.1 Å². The number of aliphatic hydroxyl groups excluding tert-OH is 1. The molecule has 1 spiro atoms. The van der Waals surface area contributed by atoms with Gasteiger partial charge in [-0.15, -0.1) is 0 Å². The highest BCUT2D eigenvalue weighted by molar-refractivity contribution is 6.09. The van der Waals surface area contributed by atoms with Gasteiger partial charge >= 0.3 is 0 Å². The average Bonchev–Trinajstić information content (AvgIpc) is 3.56. The molecule has 0 aliphatic carbocycles. The number of nitrogens with zero attached hydrogens (tertiary/aromatic N) is 3. The molecule has 4 aliphatic heterocycles. The second-order valence-corrected chi connectivity index (χ2v) is 13.2. The van der Waals surface area contributed by atoms with Gasteiger partial charge in [0.2, 0.25) is 5.91 Å². The number of carbonyl (C=O) groups excluding carboxylic acids is 3. The van der Waals surface area contributed by atoms with Crippen LogP contribution in [0.4, 0.5) is 17.1 Å². The van der Waals surface area contributed by atoms with Gasteiger partial charge in [-0.05, 0) is 59.9 Å². The van der Waals surface area contributed by atoms with Crippen LogP contribution < -0.4 is 14.5 Å². The number of ether oxygens (including phenoxy) is 2. The Balaban J connectivity index is 1.14. The maximum atomic E-state index is 14.7. The monoisotopic (exact) mass is 643 g/mol. The summed E-state index contributed by atoms with van der Waals surface area (Å²) in [6, 6.07) is 30.6. The van der Waals surface area contributed by atoms with Crippen LogP contribution >= 0.6 is 0 Å². The maximum absolute atomic E-state index is 14.7. The molecule has 4 aliphatic rings. The molecule has 0 unspecified atom stereocenters. The van der Waals surface area contributed by atoms with Gasteiger partial charge in [-0.25, -0.2) is 0 Å². The predicted molar refractivity (Wildman–Crippen MR) is 180 cm³/mol. The third-order valence-electron chi connectivity index (χ3n) is 10.3. The normalized spacial score (nSPS) is 24.4. The number of anilines is 3. The van der Waals surface area contributed by atoms with Crippen molar-refractivity contribution >= 4 is 34.8 Å². The SMILES string of the molecule is C[C@H]1C[C@@H](CC(=O)N2Cc3ccccc3C[C@H]2CO)O[C@]12C(=O)N(Cc1ccccc1)c1ccc(N3C(=O)COc4ccccc43)cc12. The molecular formula is C39H37N3O6. The summed E-state index contributed by atoms with van der Waals surface area (Å²) < 4.78 is 12.5. The standard InChI is InChI=1S/C39H37N3O6/c1-25-17-31(20-36(44)40-22-28-12-6-5-11-27(28)18-30(40)23-43)48-39(25)32-19-29(42-34-13-7-8-14-35(34)47-24-37(42)45)15-16-33(32)41(38(39)46)21-26-9-3-2-4-10-26/h2-16,19,25,30-31,43H,17-18,20-24H2,1H3/t25-,30-,31-,39+/m0/s1. The van der Waals surface area contributed by atoms with Crippen molar-refractivity contribution < 1.29 is 29.0 Å². The highest BCUT2D eigenvalue weighted by Crippen LogP contribution is 2.55. The molecule has 4 heterocycles. The van der Waals surface area contributed by atoms with Gasteiger partial charge in [0.15, 0.2) is 12.2 Å². The first kappa shape index (κ1) is 30.4. The van der Waals surface area contributed by atoms with E-state index in [1.807, 2.05) is 104 Å². The Labute approximate surface area is 279 Å². The fourth-order valence-electron chi connectivity index (χ4n) is 7.99. The highest BCUT2D eigenvalue weighted by atomic mass is 16.5. The van der Waals surface area contributed by atoms with Crippen LogP contribution in [0.25, 0.3) is 0 Å². The number of fused-ring (bicyclic) bond motifs is 4. The van der Waals surface area contributed by atoms with Crippen molar-refractivity contribution in [3.63, 3.8) is 0 Å². The maximum Gasteiger partial charge on any atom is 0.269 e. The van der Waals surface area contributed by atoms with Gasteiger partial charge in [0.05, 0.1) is 43.1 Å².